The molecule has 0 saturated carbocycles. The van der Waals surface area contributed by atoms with E-state index >= 15 is 0 Å². The lowest BCUT2D eigenvalue weighted by molar-refractivity contribution is -0.130. The van der Waals surface area contributed by atoms with Crippen LogP contribution < -0.4 is 4.72 Å². The fourth-order valence-corrected chi connectivity index (χ4v) is 3.94. The zero-order valence-corrected chi connectivity index (χ0v) is 17.0. The Bertz CT molecular complexity index is 754. The summed E-state index contributed by atoms with van der Waals surface area (Å²) in [6.07, 6.45) is 0.717. The topological polar surface area (TPSA) is 90.0 Å². The zero-order valence-electron chi connectivity index (χ0n) is 16.1. The van der Waals surface area contributed by atoms with Crippen molar-refractivity contribution in [2.24, 2.45) is 0 Å². The van der Waals surface area contributed by atoms with Gasteiger partial charge in [0.15, 0.2) is 0 Å². The highest BCUT2D eigenvalue weighted by Gasteiger charge is 2.23. The number of sulfonamides is 1. The van der Waals surface area contributed by atoms with Crippen LogP contribution in [0.3, 0.4) is 0 Å². The molecule has 0 aliphatic carbocycles. The van der Waals surface area contributed by atoms with Gasteiger partial charge in [-0.05, 0) is 51.3 Å². The summed E-state index contributed by atoms with van der Waals surface area (Å²) < 4.78 is 27.2. The van der Waals surface area contributed by atoms with Gasteiger partial charge in [-0.1, -0.05) is 0 Å². The first-order chi connectivity index (χ1) is 12.7. The third kappa shape index (κ3) is 6.02. The van der Waals surface area contributed by atoms with Crippen LogP contribution >= 0.6 is 0 Å². The molecular formula is C18H28N4O4S. The SMILES string of the molecule is CC(=O)N1CCN(C(=O)c2ccc(S(=O)(=O)NCCCN(C)C)cc2)CC1. The second-order valence-electron chi connectivity index (χ2n) is 6.88. The van der Waals surface area contributed by atoms with Gasteiger partial charge in [0, 0.05) is 45.2 Å². The normalized spacial score (nSPS) is 15.3. The predicted molar refractivity (Wildman–Crippen MR) is 103 cm³/mol. The average molecular weight is 397 g/mol. The van der Waals surface area contributed by atoms with E-state index in [2.05, 4.69) is 4.72 Å². The molecule has 0 bridgehead atoms. The van der Waals surface area contributed by atoms with Gasteiger partial charge in [-0.25, -0.2) is 13.1 Å². The van der Waals surface area contributed by atoms with Crippen LogP contribution in [0.25, 0.3) is 0 Å². The molecule has 0 aromatic heterocycles. The van der Waals surface area contributed by atoms with E-state index in [0.29, 0.717) is 38.3 Å². The molecule has 150 valence electrons. The Hall–Kier alpha value is -1.97. The molecule has 0 radical (unpaired) electrons. The van der Waals surface area contributed by atoms with Crippen molar-refractivity contribution >= 4 is 21.8 Å². The molecule has 1 N–H and O–H groups in total. The Labute approximate surface area is 161 Å². The Kier molecular flexibility index (Phi) is 7.34. The Balaban J connectivity index is 1.94. The van der Waals surface area contributed by atoms with Crippen molar-refractivity contribution in [3.63, 3.8) is 0 Å². The number of hydrogen-bond acceptors (Lipinski definition) is 5. The van der Waals surface area contributed by atoms with Crippen molar-refractivity contribution in [3.05, 3.63) is 29.8 Å². The molecule has 1 aliphatic heterocycles. The molecule has 1 heterocycles. The summed E-state index contributed by atoms with van der Waals surface area (Å²) in [5.74, 6) is -0.143. The van der Waals surface area contributed by atoms with Crippen molar-refractivity contribution in [2.45, 2.75) is 18.2 Å². The second-order valence-corrected chi connectivity index (χ2v) is 8.64. The number of rotatable bonds is 7. The average Bonchev–Trinajstić information content (AvgIpc) is 2.65. The van der Waals surface area contributed by atoms with Crippen LogP contribution in [-0.2, 0) is 14.8 Å². The summed E-state index contributed by atoms with van der Waals surface area (Å²) in [7, 11) is 0.290. The van der Waals surface area contributed by atoms with E-state index in [1.54, 1.807) is 9.80 Å². The molecule has 2 amide bonds. The van der Waals surface area contributed by atoms with E-state index in [9.17, 15) is 18.0 Å². The van der Waals surface area contributed by atoms with Crippen LogP contribution in [0.1, 0.15) is 23.7 Å². The van der Waals surface area contributed by atoms with E-state index in [0.717, 1.165) is 13.0 Å². The minimum Gasteiger partial charge on any atom is -0.339 e. The first-order valence-electron chi connectivity index (χ1n) is 9.00. The molecule has 1 aliphatic rings. The Morgan fingerprint density at radius 3 is 2.11 bits per heavy atom. The Morgan fingerprint density at radius 2 is 1.59 bits per heavy atom. The highest BCUT2D eigenvalue weighted by atomic mass is 32.2. The molecule has 0 atom stereocenters. The van der Waals surface area contributed by atoms with Gasteiger partial charge in [0.2, 0.25) is 15.9 Å². The van der Waals surface area contributed by atoms with Crippen molar-refractivity contribution in [1.29, 1.82) is 0 Å². The molecule has 0 unspecified atom stereocenters. The lowest BCUT2D eigenvalue weighted by atomic mass is 10.2. The molecular weight excluding hydrogens is 368 g/mol. The smallest absolute Gasteiger partial charge is 0.253 e. The summed E-state index contributed by atoms with van der Waals surface area (Å²) >= 11 is 0. The van der Waals surface area contributed by atoms with Crippen LogP contribution in [-0.4, -0.2) is 88.3 Å². The summed E-state index contributed by atoms with van der Waals surface area (Å²) in [5.41, 5.74) is 0.442. The summed E-state index contributed by atoms with van der Waals surface area (Å²) in [6.45, 7) is 4.67. The number of carbonyl (C=O) groups excluding carboxylic acids is 2. The number of nitrogens with zero attached hydrogens (tertiary/aromatic N) is 3. The Morgan fingerprint density at radius 1 is 1.04 bits per heavy atom. The van der Waals surface area contributed by atoms with Gasteiger partial charge in [0.1, 0.15) is 0 Å². The molecule has 9 heteroatoms. The number of piperazine rings is 1. The highest BCUT2D eigenvalue weighted by molar-refractivity contribution is 7.89. The van der Waals surface area contributed by atoms with Gasteiger partial charge in [0.05, 0.1) is 4.90 Å². The van der Waals surface area contributed by atoms with Gasteiger partial charge in [-0.15, -0.1) is 0 Å². The van der Waals surface area contributed by atoms with Crippen LogP contribution in [0.2, 0.25) is 0 Å². The standard InChI is InChI=1S/C18H28N4O4S/c1-15(23)21-11-13-22(14-12-21)18(24)16-5-7-17(8-6-16)27(25,26)19-9-4-10-20(2)3/h5-8,19H,4,9-14H2,1-3H3. The minimum atomic E-state index is -3.58. The highest BCUT2D eigenvalue weighted by Crippen LogP contribution is 2.14. The van der Waals surface area contributed by atoms with Crippen molar-refractivity contribution in [2.75, 3.05) is 53.4 Å². The largest absolute Gasteiger partial charge is 0.339 e. The van der Waals surface area contributed by atoms with Gasteiger partial charge in [0.25, 0.3) is 5.91 Å². The van der Waals surface area contributed by atoms with Gasteiger partial charge in [-0.3, -0.25) is 9.59 Å². The number of nitrogens with one attached hydrogen (secondary N) is 1. The number of benzene rings is 1. The van der Waals surface area contributed by atoms with E-state index < -0.39 is 10.0 Å². The van der Waals surface area contributed by atoms with Crippen LogP contribution in [0.4, 0.5) is 0 Å². The predicted octanol–water partition coefficient (Wildman–Crippen LogP) is 0.221. The first-order valence-corrected chi connectivity index (χ1v) is 10.5. The fourth-order valence-electron chi connectivity index (χ4n) is 2.87. The molecule has 27 heavy (non-hydrogen) atoms. The number of amides is 2. The van der Waals surface area contributed by atoms with E-state index in [4.69, 9.17) is 0 Å². The lowest BCUT2D eigenvalue weighted by Gasteiger charge is -2.34. The maximum absolute atomic E-state index is 12.6. The molecule has 1 fully saturated rings. The first kappa shape index (κ1) is 21.3. The number of carbonyl (C=O) groups is 2. The van der Waals surface area contributed by atoms with E-state index in [-0.39, 0.29) is 16.7 Å². The van der Waals surface area contributed by atoms with E-state index in [1.165, 1.54) is 31.2 Å². The second kappa shape index (κ2) is 9.29. The van der Waals surface area contributed by atoms with Gasteiger partial charge >= 0.3 is 0 Å². The third-order valence-corrected chi connectivity index (χ3v) is 5.97. The summed E-state index contributed by atoms with van der Waals surface area (Å²) in [4.78, 5) is 29.5. The van der Waals surface area contributed by atoms with Crippen LogP contribution in [0, 0.1) is 0 Å². The maximum atomic E-state index is 12.6. The summed E-state index contributed by atoms with van der Waals surface area (Å²) in [6, 6.07) is 5.97. The number of hydrogen-bond donors (Lipinski definition) is 1. The molecule has 8 nitrogen and oxygen atoms in total. The van der Waals surface area contributed by atoms with Gasteiger partial charge < -0.3 is 14.7 Å². The molecule has 1 saturated heterocycles. The van der Waals surface area contributed by atoms with Crippen LogP contribution in [0.15, 0.2) is 29.2 Å². The monoisotopic (exact) mass is 396 g/mol. The quantitative estimate of drug-likeness (QED) is 0.666. The molecule has 2 rings (SSSR count). The summed E-state index contributed by atoms with van der Waals surface area (Å²) in [5, 5.41) is 0. The maximum Gasteiger partial charge on any atom is 0.253 e. The lowest BCUT2D eigenvalue weighted by Crippen LogP contribution is -2.50. The van der Waals surface area contributed by atoms with Crippen molar-refractivity contribution < 1.29 is 18.0 Å². The minimum absolute atomic E-state index is 0.00902. The molecule has 1 aromatic rings. The van der Waals surface area contributed by atoms with Gasteiger partial charge in [-0.2, -0.15) is 0 Å². The zero-order chi connectivity index (χ0) is 20.0. The third-order valence-electron chi connectivity index (χ3n) is 4.50. The van der Waals surface area contributed by atoms with E-state index in [1.807, 2.05) is 19.0 Å². The van der Waals surface area contributed by atoms with Crippen molar-refractivity contribution in [1.82, 2.24) is 19.4 Å². The van der Waals surface area contributed by atoms with Crippen LogP contribution in [0.5, 0.6) is 0 Å². The van der Waals surface area contributed by atoms with Crippen molar-refractivity contribution in [3.8, 4) is 0 Å². The molecule has 1 aromatic carbocycles. The molecule has 0 spiro atoms. The fraction of sp³-hybridized carbons (Fsp3) is 0.556.